The van der Waals surface area contributed by atoms with E-state index in [2.05, 4.69) is 31.6 Å². The Labute approximate surface area is 289 Å². The second-order valence-corrected chi connectivity index (χ2v) is 9.78. The van der Waals surface area contributed by atoms with Gasteiger partial charge in [-0.05, 0) is 76.8 Å². The minimum absolute atomic E-state index is 0. The van der Waals surface area contributed by atoms with Crippen LogP contribution in [0.4, 0.5) is 26.2 Å². The Morgan fingerprint density at radius 2 is 1.65 bits per heavy atom. The zero-order valence-corrected chi connectivity index (χ0v) is 28.5. The molecule has 40 heavy (non-hydrogen) atoms. The first-order valence-electron chi connectivity index (χ1n) is 12.3. The van der Waals surface area contributed by atoms with Crippen molar-refractivity contribution in [2.75, 3.05) is 23.7 Å². The molecule has 200 valence electrons. The molecule has 8 nitrogen and oxygen atoms in total. The molecule has 0 aromatic heterocycles. The number of allylic oxidation sites excluding steroid dienone is 1. The second kappa shape index (κ2) is 15.5. The monoisotopic (exact) mass is 674 g/mol. The van der Waals surface area contributed by atoms with Gasteiger partial charge in [-0.1, -0.05) is 36.4 Å². The largest absolute Gasteiger partial charge is 1.00 e. The van der Waals surface area contributed by atoms with E-state index < -0.39 is 5.82 Å². The number of hydrogen-bond acceptors (Lipinski definition) is 4. The number of nitrogens with zero attached hydrogens (tertiary/aromatic N) is 2. The normalized spacial score (nSPS) is 13.9. The van der Waals surface area contributed by atoms with Crippen molar-refractivity contribution in [3.8, 4) is 0 Å². The molecule has 1 aliphatic rings. The Balaban J connectivity index is 0.00000441. The number of halogens is 2. The molecule has 4 N–H and O–H groups in total. The van der Waals surface area contributed by atoms with Gasteiger partial charge in [-0.15, -0.1) is 0 Å². The molecule has 3 aromatic carbocycles. The first kappa shape index (κ1) is 32.0. The number of piperidine rings is 1. The SMILES string of the molecule is N=C(/C=C\[NH-])c1ccc(NC(=O)N2CCC(C(=O)C(=Nc3ccccc3)Nc3ccc(F)c(Br)c3)CC2)cc1.[Rb+]. The van der Waals surface area contributed by atoms with Crippen molar-refractivity contribution in [2.24, 2.45) is 10.9 Å². The average molecular weight is 676 g/mol. The van der Waals surface area contributed by atoms with Crippen LogP contribution in [-0.2, 0) is 4.79 Å². The summed E-state index contributed by atoms with van der Waals surface area (Å²) in [5.41, 5.74) is 9.67. The third-order valence-corrected chi connectivity index (χ3v) is 6.87. The van der Waals surface area contributed by atoms with Crippen molar-refractivity contribution in [2.45, 2.75) is 12.8 Å². The second-order valence-electron chi connectivity index (χ2n) is 8.93. The molecule has 0 saturated carbocycles. The summed E-state index contributed by atoms with van der Waals surface area (Å²) >= 11 is 3.17. The number of likely N-dealkylation sites (tertiary alicyclic amines) is 1. The van der Waals surface area contributed by atoms with E-state index in [0.29, 0.717) is 48.6 Å². The molecule has 3 aromatic rings. The predicted molar refractivity (Wildman–Crippen MR) is 156 cm³/mol. The number of aliphatic imine (C=N–C) groups is 1. The average Bonchev–Trinajstić information content (AvgIpc) is 2.95. The molecule has 0 spiro atoms. The van der Waals surface area contributed by atoms with Gasteiger partial charge >= 0.3 is 64.2 Å². The van der Waals surface area contributed by atoms with Gasteiger partial charge in [0.25, 0.3) is 0 Å². The zero-order valence-electron chi connectivity index (χ0n) is 22.0. The van der Waals surface area contributed by atoms with Crippen LogP contribution >= 0.6 is 15.9 Å². The molecule has 0 aliphatic carbocycles. The molecule has 0 bridgehead atoms. The van der Waals surface area contributed by atoms with Crippen LogP contribution in [0.2, 0.25) is 0 Å². The summed E-state index contributed by atoms with van der Waals surface area (Å²) in [5.74, 6) is -0.744. The molecular formula is C29H27BrFN6O2Rb. The molecule has 0 atom stereocenters. The van der Waals surface area contributed by atoms with Crippen LogP contribution in [0.25, 0.3) is 5.73 Å². The van der Waals surface area contributed by atoms with E-state index in [1.54, 1.807) is 53.4 Å². The van der Waals surface area contributed by atoms with Gasteiger partial charge in [-0.3, -0.25) is 4.79 Å². The molecule has 1 fully saturated rings. The summed E-state index contributed by atoms with van der Waals surface area (Å²) in [6.07, 6.45) is 3.39. The number of ketones is 1. The zero-order chi connectivity index (χ0) is 27.8. The fraction of sp³-hybridized carbons (Fsp3) is 0.172. The fourth-order valence-corrected chi connectivity index (χ4v) is 4.52. The number of anilines is 2. The van der Waals surface area contributed by atoms with Crippen LogP contribution < -0.4 is 68.8 Å². The van der Waals surface area contributed by atoms with Crippen molar-refractivity contribution in [1.29, 1.82) is 5.41 Å². The number of benzene rings is 3. The van der Waals surface area contributed by atoms with Gasteiger partial charge in [0, 0.05) is 30.4 Å². The summed E-state index contributed by atoms with van der Waals surface area (Å²) in [5, 5.41) is 13.8. The van der Waals surface area contributed by atoms with Crippen LogP contribution in [0.1, 0.15) is 18.4 Å². The number of para-hydroxylation sites is 1. The maximum absolute atomic E-state index is 13.7. The van der Waals surface area contributed by atoms with Gasteiger partial charge < -0.3 is 26.7 Å². The van der Waals surface area contributed by atoms with Crippen LogP contribution in [0.3, 0.4) is 0 Å². The Morgan fingerprint density at radius 1 is 1.00 bits per heavy atom. The third kappa shape index (κ3) is 8.75. The number of urea groups is 1. The third-order valence-electron chi connectivity index (χ3n) is 6.26. The van der Waals surface area contributed by atoms with Gasteiger partial charge in [-0.2, -0.15) is 6.20 Å². The Hall–Kier alpha value is -2.50. The molecular weight excluding hydrogens is 649 g/mol. The standard InChI is InChI=1S/C29H28BrFN6O2.Rb/c30-24-18-23(10-11-25(24)31)35-28(34-21-4-2-1-3-5-21)27(38)20-13-16-37(17-14-20)29(39)36-22-8-6-19(7-9-22)26(33)12-15-32;/h1-12,15,18,20H,13-14,16-17H2,(H5,32,33,34,35,36,39);/q;+1/p-1. The first-order chi connectivity index (χ1) is 18.8. The minimum Gasteiger partial charge on any atom is -0.705 e. The van der Waals surface area contributed by atoms with Crippen molar-refractivity contribution < 1.29 is 72.2 Å². The van der Waals surface area contributed by atoms with Gasteiger partial charge in [0.1, 0.15) is 5.82 Å². The van der Waals surface area contributed by atoms with E-state index >= 15 is 0 Å². The summed E-state index contributed by atoms with van der Waals surface area (Å²) in [6, 6.07) is 20.1. The summed E-state index contributed by atoms with van der Waals surface area (Å²) in [4.78, 5) is 32.6. The predicted octanol–water partition coefficient (Wildman–Crippen LogP) is 4.18. The number of rotatable bonds is 7. The number of amidine groups is 1. The van der Waals surface area contributed by atoms with Crippen LogP contribution in [0, 0.1) is 17.1 Å². The molecule has 4 rings (SSSR count). The Kier molecular flexibility index (Phi) is 12.4. The topological polar surface area (TPSA) is 121 Å². The van der Waals surface area contributed by atoms with Crippen LogP contribution in [0.5, 0.6) is 0 Å². The maximum atomic E-state index is 13.7. The first-order valence-corrected chi connectivity index (χ1v) is 13.1. The molecule has 1 saturated heterocycles. The summed E-state index contributed by atoms with van der Waals surface area (Å²) < 4.78 is 14.0. The fourth-order valence-electron chi connectivity index (χ4n) is 4.14. The van der Waals surface area contributed by atoms with Crippen molar-refractivity contribution >= 4 is 56.4 Å². The number of Topliss-reactive ketones (excluding diaryl/α,β-unsaturated/α-hetero) is 1. The molecule has 1 aliphatic heterocycles. The molecule has 0 radical (unpaired) electrons. The van der Waals surface area contributed by atoms with Gasteiger partial charge in [0.2, 0.25) is 5.78 Å². The van der Waals surface area contributed by atoms with E-state index in [9.17, 15) is 14.0 Å². The maximum Gasteiger partial charge on any atom is 1.00 e. The number of hydrogen-bond donors (Lipinski definition) is 3. The van der Waals surface area contributed by atoms with E-state index in [4.69, 9.17) is 11.1 Å². The van der Waals surface area contributed by atoms with Crippen molar-refractivity contribution in [3.63, 3.8) is 0 Å². The number of amides is 2. The summed E-state index contributed by atoms with van der Waals surface area (Å²) in [7, 11) is 0. The minimum atomic E-state index is -0.407. The molecule has 1 heterocycles. The molecule has 0 unspecified atom stereocenters. The Bertz CT molecular complexity index is 1410. The Morgan fingerprint density at radius 3 is 2.27 bits per heavy atom. The molecule has 2 amide bonds. The van der Waals surface area contributed by atoms with Crippen LogP contribution in [0.15, 0.2) is 94.5 Å². The number of nitrogens with one attached hydrogen (secondary N) is 4. The van der Waals surface area contributed by atoms with Crippen molar-refractivity contribution in [1.82, 2.24) is 4.90 Å². The van der Waals surface area contributed by atoms with Gasteiger partial charge in [0.05, 0.1) is 15.9 Å². The van der Waals surface area contributed by atoms with E-state index in [0.717, 1.165) is 6.20 Å². The van der Waals surface area contributed by atoms with Gasteiger partial charge in [0.15, 0.2) is 5.84 Å². The number of carbonyl (C=O) groups is 2. The van der Waals surface area contributed by atoms with E-state index in [1.165, 1.54) is 12.1 Å². The van der Waals surface area contributed by atoms with Crippen molar-refractivity contribution in [3.05, 3.63) is 107 Å². The number of carbonyl (C=O) groups excluding carboxylic acids is 2. The summed E-state index contributed by atoms with van der Waals surface area (Å²) in [6.45, 7) is 0.806. The van der Waals surface area contributed by atoms with E-state index in [1.807, 2.05) is 18.2 Å². The molecule has 11 heteroatoms. The quantitative estimate of drug-likeness (QED) is 0.257. The van der Waals surface area contributed by atoms with Crippen LogP contribution in [-0.4, -0.2) is 41.4 Å². The van der Waals surface area contributed by atoms with E-state index in [-0.39, 0.29) is 91.9 Å². The van der Waals surface area contributed by atoms with Gasteiger partial charge in [-0.25, -0.2) is 14.2 Å². The smallest absolute Gasteiger partial charge is 0.705 e.